The van der Waals surface area contributed by atoms with Crippen molar-refractivity contribution < 1.29 is 14.3 Å². The van der Waals surface area contributed by atoms with Gasteiger partial charge in [-0.3, -0.25) is 9.78 Å². The van der Waals surface area contributed by atoms with Crippen LogP contribution in [-0.4, -0.2) is 35.6 Å². The Hall–Kier alpha value is -2.40. The van der Waals surface area contributed by atoms with Gasteiger partial charge in [0.05, 0.1) is 25.5 Å². The van der Waals surface area contributed by atoms with Crippen molar-refractivity contribution >= 4 is 5.91 Å². The van der Waals surface area contributed by atoms with E-state index >= 15 is 0 Å². The van der Waals surface area contributed by atoms with E-state index in [4.69, 9.17) is 9.47 Å². The normalized spacial score (nSPS) is 19.5. The van der Waals surface area contributed by atoms with E-state index in [9.17, 15) is 4.79 Å². The fraction of sp³-hybridized carbons (Fsp3) is 0.520. The van der Waals surface area contributed by atoms with Crippen LogP contribution in [0, 0.1) is 11.8 Å². The second-order valence-electron chi connectivity index (χ2n) is 8.54. The molecule has 2 heterocycles. The Balaban J connectivity index is 1.44. The molecular formula is C25H32N2O3. The largest absolute Gasteiger partial charge is 0.493 e. The van der Waals surface area contributed by atoms with Crippen LogP contribution in [0.1, 0.15) is 49.8 Å². The Morgan fingerprint density at radius 2 is 1.97 bits per heavy atom. The van der Waals surface area contributed by atoms with Crippen molar-refractivity contribution in [3.63, 3.8) is 0 Å². The zero-order chi connectivity index (χ0) is 20.6. The maximum Gasteiger partial charge on any atom is 0.226 e. The summed E-state index contributed by atoms with van der Waals surface area (Å²) >= 11 is 0. The van der Waals surface area contributed by atoms with E-state index in [1.54, 1.807) is 6.20 Å². The molecule has 1 atom stereocenters. The fourth-order valence-corrected chi connectivity index (χ4v) is 4.39. The molecule has 1 saturated heterocycles. The van der Waals surface area contributed by atoms with E-state index < -0.39 is 0 Å². The number of hydrogen-bond acceptors (Lipinski definition) is 4. The van der Waals surface area contributed by atoms with E-state index in [0.29, 0.717) is 25.6 Å². The summed E-state index contributed by atoms with van der Waals surface area (Å²) in [6.07, 6.45) is 8.42. The molecule has 160 valence electrons. The predicted molar refractivity (Wildman–Crippen MR) is 116 cm³/mol. The molecule has 2 fully saturated rings. The molecule has 0 bridgehead atoms. The van der Waals surface area contributed by atoms with E-state index in [1.165, 1.54) is 6.42 Å². The molecule has 2 aromatic rings. The number of hydrogen-bond donors (Lipinski definition) is 0. The minimum absolute atomic E-state index is 0.143. The summed E-state index contributed by atoms with van der Waals surface area (Å²) in [5.74, 6) is 1.74. The Labute approximate surface area is 179 Å². The number of rotatable bonds is 8. The van der Waals surface area contributed by atoms with Gasteiger partial charge in [-0.15, -0.1) is 0 Å². The lowest BCUT2D eigenvalue weighted by Crippen LogP contribution is -2.36. The fourth-order valence-electron chi connectivity index (χ4n) is 4.39. The van der Waals surface area contributed by atoms with E-state index in [2.05, 4.69) is 17.1 Å². The maximum absolute atomic E-state index is 13.3. The first-order valence-electron chi connectivity index (χ1n) is 11.3. The summed E-state index contributed by atoms with van der Waals surface area (Å²) in [7, 11) is 0. The molecule has 1 aliphatic carbocycles. The predicted octanol–water partition coefficient (Wildman–Crippen LogP) is 4.61. The van der Waals surface area contributed by atoms with Gasteiger partial charge >= 0.3 is 0 Å². The van der Waals surface area contributed by atoms with Crippen LogP contribution in [0.5, 0.6) is 5.75 Å². The monoisotopic (exact) mass is 408 g/mol. The number of carbonyl (C=O) groups excluding carboxylic acids is 1. The Bertz CT molecular complexity index is 799. The summed E-state index contributed by atoms with van der Waals surface area (Å²) in [6, 6.07) is 14.0. The summed E-state index contributed by atoms with van der Waals surface area (Å²) < 4.78 is 11.4. The zero-order valence-corrected chi connectivity index (χ0v) is 17.7. The third-order valence-corrected chi connectivity index (χ3v) is 6.13. The van der Waals surface area contributed by atoms with Crippen LogP contribution in [0.25, 0.3) is 0 Å². The van der Waals surface area contributed by atoms with Crippen molar-refractivity contribution in [2.24, 2.45) is 11.8 Å². The highest BCUT2D eigenvalue weighted by atomic mass is 16.5. The molecular weight excluding hydrogens is 376 g/mol. The second kappa shape index (κ2) is 10.6. The van der Waals surface area contributed by atoms with Crippen molar-refractivity contribution in [3.8, 4) is 5.75 Å². The van der Waals surface area contributed by atoms with E-state index in [-0.39, 0.29) is 11.8 Å². The van der Waals surface area contributed by atoms with Gasteiger partial charge in [0.1, 0.15) is 5.75 Å². The average molecular weight is 409 g/mol. The number of ether oxygens (including phenoxy) is 2. The van der Waals surface area contributed by atoms with Gasteiger partial charge in [0.15, 0.2) is 0 Å². The first-order chi connectivity index (χ1) is 14.8. The highest BCUT2D eigenvalue weighted by Crippen LogP contribution is 2.27. The number of aromatic nitrogens is 1. The smallest absolute Gasteiger partial charge is 0.226 e. The van der Waals surface area contributed by atoms with E-state index in [0.717, 1.165) is 62.3 Å². The summed E-state index contributed by atoms with van der Waals surface area (Å²) in [4.78, 5) is 19.8. The van der Waals surface area contributed by atoms with Crippen LogP contribution < -0.4 is 4.74 Å². The van der Waals surface area contributed by atoms with Crippen LogP contribution in [-0.2, 0) is 22.6 Å². The highest BCUT2D eigenvalue weighted by Gasteiger charge is 2.26. The molecule has 2 aliphatic rings. The zero-order valence-electron chi connectivity index (χ0n) is 17.7. The van der Waals surface area contributed by atoms with Gasteiger partial charge in [0.2, 0.25) is 5.91 Å². The molecule has 30 heavy (non-hydrogen) atoms. The molecule has 0 unspecified atom stereocenters. The number of benzene rings is 1. The lowest BCUT2D eigenvalue weighted by molar-refractivity contribution is -0.138. The number of carbonyl (C=O) groups is 1. The Kier molecular flexibility index (Phi) is 7.35. The summed E-state index contributed by atoms with van der Waals surface area (Å²) in [6.45, 7) is 3.42. The van der Waals surface area contributed by atoms with Crippen LogP contribution in [0.2, 0.25) is 0 Å². The molecule has 1 aromatic carbocycles. The minimum Gasteiger partial charge on any atom is -0.493 e. The molecule has 1 amide bonds. The second-order valence-corrected chi connectivity index (χ2v) is 8.54. The van der Waals surface area contributed by atoms with E-state index in [1.807, 2.05) is 35.2 Å². The van der Waals surface area contributed by atoms with Gasteiger partial charge in [0.25, 0.3) is 0 Å². The van der Waals surface area contributed by atoms with Crippen molar-refractivity contribution in [2.45, 2.75) is 51.6 Å². The molecule has 1 aliphatic heterocycles. The van der Waals surface area contributed by atoms with Crippen LogP contribution >= 0.6 is 0 Å². The number of pyridine rings is 1. The molecule has 4 rings (SSSR count). The Morgan fingerprint density at radius 1 is 1.07 bits per heavy atom. The van der Waals surface area contributed by atoms with Gasteiger partial charge in [-0.25, -0.2) is 0 Å². The molecule has 0 spiro atoms. The van der Waals surface area contributed by atoms with Gasteiger partial charge in [-0.1, -0.05) is 37.5 Å². The highest BCUT2D eigenvalue weighted by molar-refractivity contribution is 5.79. The van der Waals surface area contributed by atoms with Crippen molar-refractivity contribution in [1.29, 1.82) is 0 Å². The average Bonchev–Trinajstić information content (AvgIpc) is 3.32. The topological polar surface area (TPSA) is 51.7 Å². The van der Waals surface area contributed by atoms with Crippen molar-refractivity contribution in [2.75, 3.05) is 19.8 Å². The standard InChI is InChI=1S/C25H32N2O3/c28-25(22-8-2-1-3-9-22)27(17-23-10-4-5-13-26-23)16-20-7-6-11-24(15-20)30-19-21-12-14-29-18-21/h4-7,10-11,13,15,21-22H,1-3,8-9,12,14,16-19H2/t21-/m1/s1. The van der Waals surface area contributed by atoms with Gasteiger partial charge in [-0.05, 0) is 49.1 Å². The van der Waals surface area contributed by atoms with Crippen LogP contribution in [0.4, 0.5) is 0 Å². The first-order valence-corrected chi connectivity index (χ1v) is 11.3. The molecule has 0 N–H and O–H groups in total. The number of nitrogens with zero attached hydrogens (tertiary/aromatic N) is 2. The number of amides is 1. The lowest BCUT2D eigenvalue weighted by atomic mass is 9.88. The first kappa shape index (κ1) is 20.9. The van der Waals surface area contributed by atoms with Crippen molar-refractivity contribution in [1.82, 2.24) is 9.88 Å². The Morgan fingerprint density at radius 3 is 2.73 bits per heavy atom. The van der Waals surface area contributed by atoms with Crippen LogP contribution in [0.15, 0.2) is 48.7 Å². The minimum atomic E-state index is 0.143. The molecule has 5 nitrogen and oxygen atoms in total. The maximum atomic E-state index is 13.3. The molecule has 0 radical (unpaired) electrons. The van der Waals surface area contributed by atoms with Crippen LogP contribution in [0.3, 0.4) is 0 Å². The third kappa shape index (κ3) is 5.82. The lowest BCUT2D eigenvalue weighted by Gasteiger charge is -2.29. The quantitative estimate of drug-likeness (QED) is 0.640. The third-order valence-electron chi connectivity index (χ3n) is 6.13. The van der Waals surface area contributed by atoms with Crippen molar-refractivity contribution in [3.05, 3.63) is 59.9 Å². The van der Waals surface area contributed by atoms with Gasteiger partial charge in [0, 0.05) is 31.2 Å². The SMILES string of the molecule is O=C(C1CCCCC1)N(Cc1cccc(OC[C@@H]2CCOC2)c1)Cc1ccccn1. The van der Waals surface area contributed by atoms with Gasteiger partial charge in [-0.2, -0.15) is 0 Å². The summed E-state index contributed by atoms with van der Waals surface area (Å²) in [5, 5.41) is 0. The molecule has 1 aromatic heterocycles. The summed E-state index contributed by atoms with van der Waals surface area (Å²) in [5.41, 5.74) is 2.02. The molecule has 5 heteroatoms. The van der Waals surface area contributed by atoms with Gasteiger partial charge < -0.3 is 14.4 Å². The molecule has 1 saturated carbocycles.